The van der Waals surface area contributed by atoms with Gasteiger partial charge in [0, 0.05) is 41.4 Å². The smallest absolute Gasteiger partial charge is 0.0916 e. The van der Waals surface area contributed by atoms with E-state index < -0.39 is 23.9 Å². The number of hydrogen-bond donors (Lipinski definition) is 4. The summed E-state index contributed by atoms with van der Waals surface area (Å²) in [7, 11) is 0. The Kier molecular flexibility index (Phi) is 13.8. The molecular weight excluding hydrogens is 522 g/mol. The van der Waals surface area contributed by atoms with Crippen molar-refractivity contribution in [3.8, 4) is 0 Å². The summed E-state index contributed by atoms with van der Waals surface area (Å²) in [5.74, 6) is 0. The molecule has 0 radical (unpaired) electrons. The second-order valence-electron chi connectivity index (χ2n) is 9.92. The average Bonchev–Trinajstić information content (AvgIpc) is 2.94. The van der Waals surface area contributed by atoms with Gasteiger partial charge in [-0.1, -0.05) is 121 Å². The van der Waals surface area contributed by atoms with Crippen molar-refractivity contribution >= 4 is 0 Å². The minimum absolute atomic E-state index is 0. The van der Waals surface area contributed by atoms with Crippen LogP contribution in [0.15, 0.2) is 121 Å². The van der Waals surface area contributed by atoms with Gasteiger partial charge in [0.1, 0.15) is 0 Å². The van der Waals surface area contributed by atoms with Gasteiger partial charge >= 0.3 is 0 Å². The molecule has 0 aliphatic heterocycles. The monoisotopic (exact) mass is 561 g/mol. The number of rotatable bonds is 10. The quantitative estimate of drug-likeness (QED) is 0.195. The predicted octanol–water partition coefficient (Wildman–Crippen LogP) is 5.40. The summed E-state index contributed by atoms with van der Waals surface area (Å²) >= 11 is 0. The van der Waals surface area contributed by atoms with Crippen LogP contribution in [0.1, 0.15) is 54.4 Å². The Morgan fingerprint density at radius 3 is 1.00 bits per heavy atom. The number of aliphatic hydroxyl groups excluding tert-OH is 3. The Bertz CT molecular complexity index is 1060. The molecule has 0 aliphatic rings. The van der Waals surface area contributed by atoms with E-state index in [0.717, 1.165) is 22.3 Å². The van der Waals surface area contributed by atoms with E-state index >= 15 is 0 Å². The molecule has 204 valence electrons. The number of hydrogen-bond acceptors (Lipinski definition) is 5. The van der Waals surface area contributed by atoms with Crippen molar-refractivity contribution in [2.75, 3.05) is 19.6 Å². The van der Waals surface area contributed by atoms with Crippen molar-refractivity contribution in [1.29, 1.82) is 0 Å². The van der Waals surface area contributed by atoms with Crippen LogP contribution in [-0.2, 0) is 27.3 Å². The van der Waals surface area contributed by atoms with Gasteiger partial charge in [-0.2, -0.15) is 0 Å². The Morgan fingerprint density at radius 1 is 0.513 bits per heavy atom. The molecule has 0 bridgehead atoms. The first-order chi connectivity index (χ1) is 18.2. The van der Waals surface area contributed by atoms with Crippen molar-refractivity contribution in [3.63, 3.8) is 0 Å². The zero-order chi connectivity index (χ0) is 27.4. The first-order valence-corrected chi connectivity index (χ1v) is 12.9. The van der Waals surface area contributed by atoms with Crippen LogP contribution in [0.5, 0.6) is 0 Å². The summed E-state index contributed by atoms with van der Waals surface area (Å²) in [6.45, 7) is 4.51. The molecule has 0 unspecified atom stereocenters. The molecule has 0 heterocycles. The fraction of sp³-hybridized carbons (Fsp3) is 0.273. The van der Waals surface area contributed by atoms with E-state index in [0.29, 0.717) is 19.6 Å². The van der Waals surface area contributed by atoms with Gasteiger partial charge in [-0.15, -0.1) is 0 Å². The minimum Gasteiger partial charge on any atom is -0.387 e. The zero-order valence-corrected chi connectivity index (χ0v) is 24.2. The molecule has 6 heteroatoms. The Morgan fingerprint density at radius 2 is 0.769 bits per heavy atom. The molecule has 0 aromatic heterocycles. The average molecular weight is 562 g/mol. The second kappa shape index (κ2) is 16.5. The second-order valence-corrected chi connectivity index (χ2v) is 9.92. The minimum atomic E-state index is -0.707. The van der Waals surface area contributed by atoms with Crippen LogP contribution in [0.25, 0.3) is 0 Å². The Hall–Kier alpha value is -2.61. The van der Waals surface area contributed by atoms with Gasteiger partial charge in [0.05, 0.1) is 23.9 Å². The van der Waals surface area contributed by atoms with E-state index in [-0.39, 0.29) is 21.7 Å². The fourth-order valence-electron chi connectivity index (χ4n) is 4.15. The molecule has 4 rings (SSSR count). The fourth-order valence-corrected chi connectivity index (χ4v) is 4.15. The summed E-state index contributed by atoms with van der Waals surface area (Å²) in [5, 5.41) is 41.4. The molecule has 0 amide bonds. The van der Waals surface area contributed by atoms with Gasteiger partial charge in [-0.25, -0.2) is 0 Å². The van der Waals surface area contributed by atoms with Crippen LogP contribution >= 0.6 is 0 Å². The molecule has 0 saturated carbocycles. The zero-order valence-electron chi connectivity index (χ0n) is 22.6. The molecule has 4 N–H and O–H groups in total. The van der Waals surface area contributed by atoms with Gasteiger partial charge in [0.2, 0.25) is 0 Å². The van der Waals surface area contributed by atoms with E-state index in [1.54, 1.807) is 13.8 Å². The topological polar surface area (TPSA) is 84.2 Å². The maximum Gasteiger partial charge on any atom is 0.0916 e. The first-order valence-electron chi connectivity index (χ1n) is 12.9. The normalized spacial score (nSPS) is 13.4. The van der Waals surface area contributed by atoms with E-state index in [2.05, 4.69) is 0 Å². The molecule has 0 spiro atoms. The van der Waals surface area contributed by atoms with Crippen molar-refractivity contribution in [2.24, 2.45) is 0 Å². The largest absolute Gasteiger partial charge is 0.387 e. The van der Waals surface area contributed by atoms with Crippen molar-refractivity contribution in [1.82, 2.24) is 4.90 Å². The van der Waals surface area contributed by atoms with Gasteiger partial charge in [-0.05, 0) is 36.1 Å². The molecule has 0 fully saturated rings. The third kappa shape index (κ3) is 11.2. The van der Waals surface area contributed by atoms with Crippen molar-refractivity contribution in [3.05, 3.63) is 144 Å². The molecule has 3 atom stereocenters. The van der Waals surface area contributed by atoms with Crippen LogP contribution in [0, 0.1) is 0 Å². The number of aliphatic hydroxyl groups is 4. The standard InChI is InChI=1S/C24H27NO3.C9H12O.Ti/c26-22(19-10-4-1-5-11-19)16-25(17-23(27)20-12-6-2-7-13-20)18-24(28)21-14-8-3-9-15-21;1-9(2,10)8-6-4-3-5-7-8;/h1-15,22-24,26-28H,16-18H2;3-7,10H,1-2H3;/t22-,23-,24+;;/m0../s1. The van der Waals surface area contributed by atoms with Gasteiger partial charge in [0.15, 0.2) is 0 Å². The van der Waals surface area contributed by atoms with Crippen molar-refractivity contribution in [2.45, 2.75) is 37.8 Å². The number of nitrogens with zero attached hydrogens (tertiary/aromatic N) is 1. The van der Waals surface area contributed by atoms with Crippen LogP contribution in [-0.4, -0.2) is 45.0 Å². The summed E-state index contributed by atoms with van der Waals surface area (Å²) in [4.78, 5) is 1.91. The third-order valence-electron chi connectivity index (χ3n) is 6.33. The van der Waals surface area contributed by atoms with Crippen LogP contribution in [0.4, 0.5) is 0 Å². The Labute approximate surface area is 247 Å². The van der Waals surface area contributed by atoms with Gasteiger partial charge in [0.25, 0.3) is 0 Å². The molecular formula is C33H39NO4Ti. The van der Waals surface area contributed by atoms with Crippen LogP contribution in [0.3, 0.4) is 0 Å². The summed E-state index contributed by atoms with van der Waals surface area (Å²) < 4.78 is 0. The van der Waals surface area contributed by atoms with Gasteiger partial charge in [-0.3, -0.25) is 4.90 Å². The molecule has 0 aliphatic carbocycles. The molecule has 5 nitrogen and oxygen atoms in total. The number of benzene rings is 4. The first kappa shape index (κ1) is 32.6. The van der Waals surface area contributed by atoms with E-state index in [1.165, 1.54) is 0 Å². The summed E-state index contributed by atoms with van der Waals surface area (Å²) in [6, 6.07) is 38.0. The molecule has 4 aromatic carbocycles. The predicted molar refractivity (Wildman–Crippen MR) is 152 cm³/mol. The molecule has 0 saturated heterocycles. The van der Waals surface area contributed by atoms with Gasteiger partial charge < -0.3 is 20.4 Å². The van der Waals surface area contributed by atoms with Crippen LogP contribution in [0.2, 0.25) is 0 Å². The van der Waals surface area contributed by atoms with E-state index in [4.69, 9.17) is 0 Å². The molecule has 39 heavy (non-hydrogen) atoms. The van der Waals surface area contributed by atoms with E-state index in [1.807, 2.05) is 126 Å². The Balaban J connectivity index is 0.000000410. The maximum absolute atomic E-state index is 10.7. The van der Waals surface area contributed by atoms with E-state index in [9.17, 15) is 20.4 Å². The maximum atomic E-state index is 10.7. The third-order valence-corrected chi connectivity index (χ3v) is 6.33. The summed E-state index contributed by atoms with van der Waals surface area (Å²) in [5.41, 5.74) is 2.69. The SMILES string of the molecule is CC(C)(O)c1ccccc1.O[C@H](CN(C[C@H](O)c1ccccc1)C[C@H](O)c1ccccc1)c1ccccc1.[Ti]. The summed E-state index contributed by atoms with van der Waals surface area (Å²) in [6.07, 6.45) is -2.11. The van der Waals surface area contributed by atoms with Crippen molar-refractivity contribution < 1.29 is 42.1 Å². The molecule has 4 aromatic rings. The van der Waals surface area contributed by atoms with Crippen LogP contribution < -0.4 is 0 Å².